The smallest absolute Gasteiger partial charge is 0.166 e. The summed E-state index contributed by atoms with van der Waals surface area (Å²) in [5, 5.41) is 4.14. The molecule has 94 valence electrons. The van der Waals surface area contributed by atoms with Crippen molar-refractivity contribution in [2.24, 2.45) is 0 Å². The number of carbonyl (C=O) groups is 1. The minimum atomic E-state index is 0.150. The molecule has 0 saturated carbocycles. The van der Waals surface area contributed by atoms with Crippen LogP contribution in [-0.2, 0) is 0 Å². The van der Waals surface area contributed by atoms with Crippen molar-refractivity contribution in [2.75, 3.05) is 0 Å². The van der Waals surface area contributed by atoms with Gasteiger partial charge in [-0.05, 0) is 19.3 Å². The monoisotopic (exact) mass is 243 g/mol. The van der Waals surface area contributed by atoms with Gasteiger partial charge in [-0.1, -0.05) is 12.5 Å². The molecule has 2 aromatic heterocycles. The summed E-state index contributed by atoms with van der Waals surface area (Å²) in [6.07, 6.45) is 13.3. The molecule has 0 spiro atoms. The van der Waals surface area contributed by atoms with Crippen molar-refractivity contribution in [3.8, 4) is 0 Å². The van der Waals surface area contributed by atoms with Crippen molar-refractivity contribution in [1.29, 1.82) is 0 Å². The second-order valence-corrected chi connectivity index (χ2v) is 4.28. The summed E-state index contributed by atoms with van der Waals surface area (Å²) in [5.41, 5.74) is 1.46. The van der Waals surface area contributed by atoms with Gasteiger partial charge in [-0.2, -0.15) is 5.10 Å². The van der Waals surface area contributed by atoms with E-state index >= 15 is 0 Å². The fraction of sp³-hybridized carbons (Fsp3) is 0.357. The Morgan fingerprint density at radius 1 is 1.33 bits per heavy atom. The maximum atomic E-state index is 12.1. The van der Waals surface area contributed by atoms with Crippen LogP contribution in [0.1, 0.15) is 42.5 Å². The summed E-state index contributed by atoms with van der Waals surface area (Å²) >= 11 is 0. The van der Waals surface area contributed by atoms with Gasteiger partial charge >= 0.3 is 0 Å². The molecule has 0 unspecified atom stereocenters. The first kappa shape index (κ1) is 12.5. The Bertz CT molecular complexity index is 545. The van der Waals surface area contributed by atoms with Gasteiger partial charge in [-0.15, -0.1) is 6.58 Å². The number of hydrogen-bond acceptors (Lipinski definition) is 3. The first-order valence-corrected chi connectivity index (χ1v) is 6.24. The van der Waals surface area contributed by atoms with Gasteiger partial charge < -0.3 is 0 Å². The minimum Gasteiger partial charge on any atom is -0.294 e. The fourth-order valence-electron chi connectivity index (χ4n) is 1.93. The number of ketones is 1. The Balaban J connectivity index is 1.94. The molecule has 2 aromatic rings. The molecule has 0 saturated heterocycles. The molecule has 0 aromatic carbocycles. The molecular weight excluding hydrogens is 226 g/mol. The normalized spacial score (nSPS) is 10.7. The van der Waals surface area contributed by atoms with Gasteiger partial charge in [-0.3, -0.25) is 9.78 Å². The van der Waals surface area contributed by atoms with Crippen LogP contribution in [0.25, 0.3) is 5.52 Å². The standard InChI is InChI=1S/C14H17N3O/c1-2-3-4-5-6-7-14(18)12-10-16-17-9-8-15-11-13(12)17/h2,8-11H,1,3-7H2. The third-order valence-corrected chi connectivity index (χ3v) is 2.94. The topological polar surface area (TPSA) is 47.3 Å². The Kier molecular flexibility index (Phi) is 4.23. The average molecular weight is 243 g/mol. The van der Waals surface area contributed by atoms with E-state index in [0.29, 0.717) is 12.0 Å². The van der Waals surface area contributed by atoms with Crippen molar-refractivity contribution in [3.63, 3.8) is 0 Å². The molecule has 4 heteroatoms. The van der Waals surface area contributed by atoms with E-state index in [1.54, 1.807) is 29.3 Å². The Morgan fingerprint density at radius 2 is 2.22 bits per heavy atom. The lowest BCUT2D eigenvalue weighted by molar-refractivity contribution is 0.0980. The van der Waals surface area contributed by atoms with E-state index in [-0.39, 0.29) is 5.78 Å². The third-order valence-electron chi connectivity index (χ3n) is 2.94. The SMILES string of the molecule is C=CCCCCCC(=O)c1cnn2ccncc12. The highest BCUT2D eigenvalue weighted by atomic mass is 16.1. The second-order valence-electron chi connectivity index (χ2n) is 4.28. The van der Waals surface area contributed by atoms with Crippen LogP contribution in [-0.4, -0.2) is 20.4 Å². The number of hydrogen-bond donors (Lipinski definition) is 0. The first-order chi connectivity index (χ1) is 8.83. The number of unbranched alkanes of at least 4 members (excludes halogenated alkanes) is 3. The Morgan fingerprint density at radius 3 is 3.06 bits per heavy atom. The fourth-order valence-corrected chi connectivity index (χ4v) is 1.93. The lowest BCUT2D eigenvalue weighted by Crippen LogP contribution is -1.98. The molecule has 0 radical (unpaired) electrons. The van der Waals surface area contributed by atoms with Gasteiger partial charge in [0.15, 0.2) is 5.78 Å². The lowest BCUT2D eigenvalue weighted by Gasteiger charge is -1.99. The maximum Gasteiger partial charge on any atom is 0.166 e. The number of rotatable bonds is 7. The average Bonchev–Trinajstić information content (AvgIpc) is 2.82. The Hall–Kier alpha value is -1.97. The number of Topliss-reactive ketones (excluding diaryl/α,β-unsaturated/α-hetero) is 1. The van der Waals surface area contributed by atoms with Gasteiger partial charge in [0.05, 0.1) is 23.5 Å². The van der Waals surface area contributed by atoms with Gasteiger partial charge in [0.25, 0.3) is 0 Å². The quantitative estimate of drug-likeness (QED) is 0.426. The van der Waals surface area contributed by atoms with Gasteiger partial charge in [-0.25, -0.2) is 4.52 Å². The molecule has 0 amide bonds. The molecule has 0 aliphatic carbocycles. The van der Waals surface area contributed by atoms with Crippen LogP contribution in [0.3, 0.4) is 0 Å². The third kappa shape index (κ3) is 2.83. The summed E-state index contributed by atoms with van der Waals surface area (Å²) in [7, 11) is 0. The number of aromatic nitrogens is 3. The molecule has 0 N–H and O–H groups in total. The highest BCUT2D eigenvalue weighted by Crippen LogP contribution is 2.13. The van der Waals surface area contributed by atoms with Crippen LogP contribution in [0.5, 0.6) is 0 Å². The number of nitrogens with zero attached hydrogens (tertiary/aromatic N) is 3. The van der Waals surface area contributed by atoms with Crippen molar-refractivity contribution in [1.82, 2.24) is 14.6 Å². The molecular formula is C14H17N3O. The van der Waals surface area contributed by atoms with E-state index in [0.717, 1.165) is 31.2 Å². The summed E-state index contributed by atoms with van der Waals surface area (Å²) < 4.78 is 1.68. The van der Waals surface area contributed by atoms with Crippen molar-refractivity contribution in [3.05, 3.63) is 43.0 Å². The van der Waals surface area contributed by atoms with E-state index < -0.39 is 0 Å². The van der Waals surface area contributed by atoms with E-state index in [4.69, 9.17) is 0 Å². The van der Waals surface area contributed by atoms with Crippen molar-refractivity contribution in [2.45, 2.75) is 32.1 Å². The molecule has 0 fully saturated rings. The van der Waals surface area contributed by atoms with Gasteiger partial charge in [0.1, 0.15) is 0 Å². The highest BCUT2D eigenvalue weighted by molar-refractivity contribution is 6.01. The zero-order valence-corrected chi connectivity index (χ0v) is 10.4. The molecule has 2 rings (SSSR count). The molecule has 0 aliphatic rings. The van der Waals surface area contributed by atoms with Gasteiger partial charge in [0.2, 0.25) is 0 Å². The highest BCUT2D eigenvalue weighted by Gasteiger charge is 2.11. The van der Waals surface area contributed by atoms with Crippen LogP contribution >= 0.6 is 0 Å². The largest absolute Gasteiger partial charge is 0.294 e. The number of allylic oxidation sites excluding steroid dienone is 1. The molecule has 0 aliphatic heterocycles. The molecule has 2 heterocycles. The van der Waals surface area contributed by atoms with Crippen molar-refractivity contribution < 1.29 is 4.79 Å². The summed E-state index contributed by atoms with van der Waals surface area (Å²) in [4.78, 5) is 16.1. The predicted octanol–water partition coefficient (Wildman–Crippen LogP) is 3.05. The zero-order valence-electron chi connectivity index (χ0n) is 10.4. The van der Waals surface area contributed by atoms with E-state index in [9.17, 15) is 4.79 Å². The molecule has 0 atom stereocenters. The molecule has 4 nitrogen and oxygen atoms in total. The lowest BCUT2D eigenvalue weighted by atomic mass is 10.1. The summed E-state index contributed by atoms with van der Waals surface area (Å²) in [6, 6.07) is 0. The van der Waals surface area contributed by atoms with E-state index in [2.05, 4.69) is 16.7 Å². The predicted molar refractivity (Wildman–Crippen MR) is 70.6 cm³/mol. The second kappa shape index (κ2) is 6.10. The zero-order chi connectivity index (χ0) is 12.8. The maximum absolute atomic E-state index is 12.1. The van der Waals surface area contributed by atoms with Crippen LogP contribution in [0.15, 0.2) is 37.4 Å². The van der Waals surface area contributed by atoms with Crippen LogP contribution in [0.4, 0.5) is 0 Å². The van der Waals surface area contributed by atoms with Crippen LogP contribution in [0, 0.1) is 0 Å². The van der Waals surface area contributed by atoms with E-state index in [1.165, 1.54) is 0 Å². The van der Waals surface area contributed by atoms with Gasteiger partial charge in [0, 0.05) is 18.8 Å². The molecule has 0 bridgehead atoms. The van der Waals surface area contributed by atoms with Crippen LogP contribution < -0.4 is 0 Å². The molecule has 18 heavy (non-hydrogen) atoms. The number of carbonyl (C=O) groups excluding carboxylic acids is 1. The Labute approximate surface area is 106 Å². The van der Waals surface area contributed by atoms with Crippen LogP contribution in [0.2, 0.25) is 0 Å². The summed E-state index contributed by atoms with van der Waals surface area (Å²) in [5.74, 6) is 0.150. The minimum absolute atomic E-state index is 0.150. The summed E-state index contributed by atoms with van der Waals surface area (Å²) in [6.45, 7) is 3.68. The number of fused-ring (bicyclic) bond motifs is 1. The van der Waals surface area contributed by atoms with E-state index in [1.807, 2.05) is 6.08 Å². The van der Waals surface area contributed by atoms with Crippen molar-refractivity contribution >= 4 is 11.3 Å². The first-order valence-electron chi connectivity index (χ1n) is 6.24.